The Hall–Kier alpha value is -3.03. The molecule has 0 atom stereocenters. The number of nitrogens with zero attached hydrogens (tertiary/aromatic N) is 6. The molecule has 0 spiro atoms. The lowest BCUT2D eigenvalue weighted by Crippen LogP contribution is -2.39. The van der Waals surface area contributed by atoms with Gasteiger partial charge >= 0.3 is 6.01 Å². The van der Waals surface area contributed by atoms with E-state index in [1.54, 1.807) is 31.9 Å². The Balaban J connectivity index is 1.45. The molecule has 0 aliphatic carbocycles. The average Bonchev–Trinajstić information content (AvgIpc) is 2.68. The van der Waals surface area contributed by atoms with Crippen LogP contribution in [0.3, 0.4) is 0 Å². The van der Waals surface area contributed by atoms with Crippen molar-refractivity contribution in [1.82, 2.24) is 24.9 Å². The smallest absolute Gasteiger partial charge is 0.316 e. The van der Waals surface area contributed by atoms with E-state index in [0.29, 0.717) is 11.8 Å². The molecule has 0 N–H and O–H groups in total. The molecule has 3 aromatic heterocycles. The molecule has 8 nitrogen and oxygen atoms in total. The second-order valence-corrected chi connectivity index (χ2v) is 6.20. The maximum absolute atomic E-state index is 5.90. The summed E-state index contributed by atoms with van der Waals surface area (Å²) in [6, 6.07) is 2.36. The first-order valence-corrected chi connectivity index (χ1v) is 8.59. The number of hydrogen-bond acceptors (Lipinski definition) is 8. The maximum atomic E-state index is 5.90. The van der Waals surface area contributed by atoms with Gasteiger partial charge in [0.2, 0.25) is 0 Å². The number of anilines is 1. The standard InChI is InChI=1S/C18H20N6O2/c1-12-22-16-11-19-6-3-15(16)17(23-12)24-7-4-13(5-8-24)26-18-20-9-14(25-2)10-21-18/h3,6,9-11,13H,4-5,7-8H2,1-2H3. The summed E-state index contributed by atoms with van der Waals surface area (Å²) in [4.78, 5) is 23.9. The number of methoxy groups -OCH3 is 1. The zero-order chi connectivity index (χ0) is 17.9. The van der Waals surface area contributed by atoms with Gasteiger partial charge in [-0.2, -0.15) is 9.97 Å². The lowest BCUT2D eigenvalue weighted by molar-refractivity contribution is 0.156. The van der Waals surface area contributed by atoms with Crippen LogP contribution in [0.2, 0.25) is 0 Å². The van der Waals surface area contributed by atoms with Crippen LogP contribution in [0.5, 0.6) is 11.8 Å². The topological polar surface area (TPSA) is 86.2 Å². The quantitative estimate of drug-likeness (QED) is 0.706. The maximum Gasteiger partial charge on any atom is 0.316 e. The van der Waals surface area contributed by atoms with E-state index in [1.807, 2.05) is 13.0 Å². The zero-order valence-corrected chi connectivity index (χ0v) is 14.8. The van der Waals surface area contributed by atoms with Crippen LogP contribution in [0.25, 0.3) is 10.9 Å². The van der Waals surface area contributed by atoms with Gasteiger partial charge < -0.3 is 14.4 Å². The van der Waals surface area contributed by atoms with E-state index in [2.05, 4.69) is 29.8 Å². The third-order valence-electron chi connectivity index (χ3n) is 4.44. The van der Waals surface area contributed by atoms with Gasteiger partial charge in [0.25, 0.3) is 0 Å². The minimum atomic E-state index is 0.0931. The number of rotatable bonds is 4. The molecule has 0 unspecified atom stereocenters. The fourth-order valence-corrected chi connectivity index (χ4v) is 3.12. The van der Waals surface area contributed by atoms with Crippen LogP contribution in [0.4, 0.5) is 5.82 Å². The molecule has 4 heterocycles. The van der Waals surface area contributed by atoms with Gasteiger partial charge in [0.1, 0.15) is 17.7 Å². The highest BCUT2D eigenvalue weighted by atomic mass is 16.5. The SMILES string of the molecule is COc1cnc(OC2CCN(c3nc(C)nc4cnccc34)CC2)nc1. The molecule has 26 heavy (non-hydrogen) atoms. The summed E-state index contributed by atoms with van der Waals surface area (Å²) in [5.74, 6) is 2.34. The summed E-state index contributed by atoms with van der Waals surface area (Å²) in [5, 5.41) is 1.03. The van der Waals surface area contributed by atoms with Crippen molar-refractivity contribution in [3.63, 3.8) is 0 Å². The van der Waals surface area contributed by atoms with Gasteiger partial charge in [-0.1, -0.05) is 0 Å². The molecule has 0 aromatic carbocycles. The highest BCUT2D eigenvalue weighted by Crippen LogP contribution is 2.27. The van der Waals surface area contributed by atoms with Crippen molar-refractivity contribution < 1.29 is 9.47 Å². The lowest BCUT2D eigenvalue weighted by Gasteiger charge is -2.33. The first-order chi connectivity index (χ1) is 12.7. The second kappa shape index (κ2) is 7.07. The Labute approximate surface area is 151 Å². The summed E-state index contributed by atoms with van der Waals surface area (Å²) in [6.07, 6.45) is 8.64. The van der Waals surface area contributed by atoms with Crippen LogP contribution >= 0.6 is 0 Å². The molecule has 0 saturated carbocycles. The summed E-state index contributed by atoms with van der Waals surface area (Å²) in [7, 11) is 1.59. The summed E-state index contributed by atoms with van der Waals surface area (Å²) >= 11 is 0. The van der Waals surface area contributed by atoms with Gasteiger partial charge in [0, 0.05) is 37.5 Å². The Morgan fingerprint density at radius 3 is 2.58 bits per heavy atom. The van der Waals surface area contributed by atoms with Gasteiger partial charge in [-0.3, -0.25) is 4.98 Å². The van der Waals surface area contributed by atoms with E-state index in [9.17, 15) is 0 Å². The number of ether oxygens (including phenoxy) is 2. The van der Waals surface area contributed by atoms with E-state index in [1.165, 1.54) is 0 Å². The van der Waals surface area contributed by atoms with Crippen molar-refractivity contribution in [2.45, 2.75) is 25.9 Å². The lowest BCUT2D eigenvalue weighted by atomic mass is 10.1. The second-order valence-electron chi connectivity index (χ2n) is 6.20. The zero-order valence-electron chi connectivity index (χ0n) is 14.8. The van der Waals surface area contributed by atoms with Crippen molar-refractivity contribution in [2.75, 3.05) is 25.1 Å². The number of fused-ring (bicyclic) bond motifs is 1. The average molecular weight is 352 g/mol. The van der Waals surface area contributed by atoms with Crippen molar-refractivity contribution in [2.24, 2.45) is 0 Å². The van der Waals surface area contributed by atoms with Crippen molar-refractivity contribution in [3.8, 4) is 11.8 Å². The first kappa shape index (κ1) is 16.4. The van der Waals surface area contributed by atoms with Crippen LogP contribution < -0.4 is 14.4 Å². The Bertz CT molecular complexity index is 894. The molecule has 1 saturated heterocycles. The third kappa shape index (κ3) is 3.35. The molecule has 3 aromatic rings. The number of aryl methyl sites for hydroxylation is 1. The van der Waals surface area contributed by atoms with E-state index < -0.39 is 0 Å². The number of aromatic nitrogens is 5. The molecule has 8 heteroatoms. The Morgan fingerprint density at radius 2 is 1.85 bits per heavy atom. The molecular weight excluding hydrogens is 332 g/mol. The van der Waals surface area contributed by atoms with E-state index in [0.717, 1.165) is 48.5 Å². The minimum Gasteiger partial charge on any atom is -0.494 e. The Morgan fingerprint density at radius 1 is 1.08 bits per heavy atom. The molecule has 134 valence electrons. The first-order valence-electron chi connectivity index (χ1n) is 8.59. The van der Waals surface area contributed by atoms with Gasteiger partial charge in [-0.15, -0.1) is 0 Å². The van der Waals surface area contributed by atoms with Crippen molar-refractivity contribution in [1.29, 1.82) is 0 Å². The summed E-state index contributed by atoms with van der Waals surface area (Å²) in [6.45, 7) is 3.62. The molecular formula is C18H20N6O2. The molecule has 4 rings (SSSR count). The normalized spacial score (nSPS) is 15.2. The molecule has 1 aliphatic rings. The fourth-order valence-electron chi connectivity index (χ4n) is 3.12. The van der Waals surface area contributed by atoms with Crippen molar-refractivity contribution >= 4 is 16.7 Å². The van der Waals surface area contributed by atoms with Crippen LogP contribution in [-0.4, -0.2) is 51.2 Å². The highest BCUT2D eigenvalue weighted by Gasteiger charge is 2.24. The van der Waals surface area contributed by atoms with Crippen LogP contribution in [0.15, 0.2) is 30.9 Å². The van der Waals surface area contributed by atoms with Gasteiger partial charge in [0.05, 0.1) is 31.2 Å². The van der Waals surface area contributed by atoms with Crippen molar-refractivity contribution in [3.05, 3.63) is 36.7 Å². The monoisotopic (exact) mass is 352 g/mol. The molecule has 1 fully saturated rings. The third-order valence-corrected chi connectivity index (χ3v) is 4.44. The van der Waals surface area contributed by atoms with E-state index >= 15 is 0 Å². The van der Waals surface area contributed by atoms with Crippen LogP contribution in [0.1, 0.15) is 18.7 Å². The Kier molecular flexibility index (Phi) is 4.47. The molecule has 0 amide bonds. The predicted molar refractivity (Wildman–Crippen MR) is 96.5 cm³/mol. The van der Waals surface area contributed by atoms with Gasteiger partial charge in [0.15, 0.2) is 5.75 Å². The summed E-state index contributed by atoms with van der Waals surface area (Å²) in [5.41, 5.74) is 0.875. The fraction of sp³-hybridized carbons (Fsp3) is 0.389. The number of piperidine rings is 1. The van der Waals surface area contributed by atoms with Gasteiger partial charge in [-0.05, 0) is 13.0 Å². The summed E-state index contributed by atoms with van der Waals surface area (Å²) < 4.78 is 11.0. The molecule has 0 radical (unpaired) electrons. The number of pyridine rings is 1. The number of hydrogen-bond donors (Lipinski definition) is 0. The van der Waals surface area contributed by atoms with E-state index in [-0.39, 0.29) is 6.10 Å². The minimum absolute atomic E-state index is 0.0931. The molecule has 0 bridgehead atoms. The predicted octanol–water partition coefficient (Wildman–Crippen LogP) is 2.18. The largest absolute Gasteiger partial charge is 0.494 e. The van der Waals surface area contributed by atoms with Crippen LogP contribution in [-0.2, 0) is 0 Å². The van der Waals surface area contributed by atoms with Gasteiger partial charge in [-0.25, -0.2) is 9.97 Å². The van der Waals surface area contributed by atoms with Crippen LogP contribution in [0, 0.1) is 6.92 Å². The highest BCUT2D eigenvalue weighted by molar-refractivity contribution is 5.88. The molecule has 1 aliphatic heterocycles. The van der Waals surface area contributed by atoms with E-state index in [4.69, 9.17) is 9.47 Å².